The van der Waals surface area contributed by atoms with Gasteiger partial charge in [0.05, 0.1) is 7.11 Å². The Morgan fingerprint density at radius 3 is 2.17 bits per heavy atom. The van der Waals surface area contributed by atoms with Crippen molar-refractivity contribution in [2.24, 2.45) is 0 Å². The third-order valence-corrected chi connectivity index (χ3v) is 0.885. The maximum Gasteiger partial charge on any atom is 0.121 e. The van der Waals surface area contributed by atoms with Gasteiger partial charge in [0.1, 0.15) is 5.75 Å². The molecule has 0 fully saturated rings. The van der Waals surface area contributed by atoms with E-state index >= 15 is 0 Å². The molecule has 1 N–H and O–H groups in total. The van der Waals surface area contributed by atoms with Crippen LogP contribution in [0.25, 0.3) is 0 Å². The Kier molecular flexibility index (Phi) is 11.4. The number of pyridine rings is 1. The molecule has 4 nitrogen and oxygen atoms in total. The minimum absolute atomic E-state index is 0. The van der Waals surface area contributed by atoms with Crippen LogP contribution in [-0.2, 0) is 24.3 Å². The largest absolute Gasteiger partial charge is 0.665 e. The first kappa shape index (κ1) is 13.6. The topological polar surface area (TPSA) is 59.4 Å². The monoisotopic (exact) mass is 218 g/mol. The molecule has 1 heterocycles. The van der Waals surface area contributed by atoms with Crippen LogP contribution in [0.1, 0.15) is 0 Å². The SMILES string of the molecule is COc1ccncc1.O=[C-]O.[Zn]. The van der Waals surface area contributed by atoms with Gasteiger partial charge in [-0.3, -0.25) is 4.98 Å². The van der Waals surface area contributed by atoms with Crippen molar-refractivity contribution in [2.75, 3.05) is 7.11 Å². The zero-order valence-electron chi connectivity index (χ0n) is 6.73. The van der Waals surface area contributed by atoms with Gasteiger partial charge in [0.25, 0.3) is 0 Å². The summed E-state index contributed by atoms with van der Waals surface area (Å²) >= 11 is 0. The maximum absolute atomic E-state index is 8.24. The third-order valence-electron chi connectivity index (χ3n) is 0.885. The summed E-state index contributed by atoms with van der Waals surface area (Å²) in [4.78, 5) is 12.0. The minimum Gasteiger partial charge on any atom is -0.665 e. The molecule has 0 radical (unpaired) electrons. The minimum atomic E-state index is 0. The van der Waals surface area contributed by atoms with Crippen molar-refractivity contribution in [2.45, 2.75) is 0 Å². The predicted octanol–water partition coefficient (Wildman–Crippen LogP) is 0.699. The normalized spacial score (nSPS) is 6.75. The van der Waals surface area contributed by atoms with Crippen LogP contribution in [0, 0.1) is 0 Å². The first-order valence-corrected chi connectivity index (χ1v) is 2.80. The fourth-order valence-electron chi connectivity index (χ4n) is 0.474. The van der Waals surface area contributed by atoms with E-state index in [4.69, 9.17) is 14.6 Å². The van der Waals surface area contributed by atoms with Crippen LogP contribution in [0.2, 0.25) is 0 Å². The van der Waals surface area contributed by atoms with Crippen molar-refractivity contribution in [3.8, 4) is 5.75 Å². The van der Waals surface area contributed by atoms with Gasteiger partial charge in [0, 0.05) is 31.9 Å². The van der Waals surface area contributed by atoms with Gasteiger partial charge < -0.3 is 14.6 Å². The molecule has 62 valence electrons. The third kappa shape index (κ3) is 7.15. The molecule has 0 spiro atoms. The van der Waals surface area contributed by atoms with Gasteiger partial charge in [-0.05, 0) is 12.1 Å². The van der Waals surface area contributed by atoms with Gasteiger partial charge in [-0.15, -0.1) is 0 Å². The van der Waals surface area contributed by atoms with Crippen molar-refractivity contribution in [3.05, 3.63) is 24.5 Å². The van der Waals surface area contributed by atoms with Gasteiger partial charge in [-0.25, -0.2) is 0 Å². The molecule has 0 aliphatic rings. The second-order valence-electron chi connectivity index (χ2n) is 1.48. The molecular weight excluding hydrogens is 211 g/mol. The number of methoxy groups -OCH3 is 1. The molecule has 0 unspecified atom stereocenters. The van der Waals surface area contributed by atoms with E-state index < -0.39 is 0 Å². The molecule has 1 rings (SSSR count). The van der Waals surface area contributed by atoms with E-state index in [0.717, 1.165) is 5.75 Å². The van der Waals surface area contributed by atoms with Crippen molar-refractivity contribution >= 4 is 6.47 Å². The first-order chi connectivity index (χ1) is 5.35. The molecule has 0 atom stereocenters. The summed E-state index contributed by atoms with van der Waals surface area (Å²) in [6, 6.07) is 3.61. The molecule has 0 amide bonds. The molecule has 12 heavy (non-hydrogen) atoms. The Balaban J connectivity index is 0. The summed E-state index contributed by atoms with van der Waals surface area (Å²) in [6.45, 7) is 0.500. The van der Waals surface area contributed by atoms with Crippen molar-refractivity contribution < 1.29 is 34.1 Å². The van der Waals surface area contributed by atoms with Crippen LogP contribution in [0.3, 0.4) is 0 Å². The molecule has 0 aromatic carbocycles. The van der Waals surface area contributed by atoms with Crippen LogP contribution < -0.4 is 4.74 Å². The van der Waals surface area contributed by atoms with Crippen molar-refractivity contribution in [3.63, 3.8) is 0 Å². The average Bonchev–Trinajstić information content (AvgIpc) is 2.08. The molecule has 5 heteroatoms. The number of aliphatic hydroxyl groups excluding tert-OH is 1. The number of hydrogen-bond acceptors (Lipinski definition) is 3. The van der Waals surface area contributed by atoms with Crippen LogP contribution >= 0.6 is 0 Å². The van der Waals surface area contributed by atoms with E-state index in [2.05, 4.69) is 4.98 Å². The second kappa shape index (κ2) is 10.0. The van der Waals surface area contributed by atoms with E-state index in [1.165, 1.54) is 0 Å². The summed E-state index contributed by atoms with van der Waals surface area (Å²) < 4.78 is 4.87. The fourth-order valence-corrected chi connectivity index (χ4v) is 0.474. The Labute approximate surface area is 83.3 Å². The number of ether oxygens (including phenoxy) is 1. The summed E-state index contributed by atoms with van der Waals surface area (Å²) in [5, 5.41) is 6.76. The van der Waals surface area contributed by atoms with E-state index in [9.17, 15) is 0 Å². The molecule has 0 aliphatic carbocycles. The molecular formula is C7H8NO3Zn-. The van der Waals surface area contributed by atoms with E-state index in [-0.39, 0.29) is 19.5 Å². The van der Waals surface area contributed by atoms with E-state index in [1.54, 1.807) is 31.6 Å². The molecule has 0 saturated heterocycles. The summed E-state index contributed by atoms with van der Waals surface area (Å²) in [5.74, 6) is 0.847. The standard InChI is InChI=1S/C6H7NO.CHO2.Zn/c1-8-6-2-4-7-5-3-6;2-1-3;/h2-5H,1H3;(H,2,3);/q;-1;. The summed E-state index contributed by atoms with van der Waals surface area (Å²) in [5.41, 5.74) is 0. The zero-order valence-corrected chi connectivity index (χ0v) is 9.69. The quantitative estimate of drug-likeness (QED) is 0.558. The van der Waals surface area contributed by atoms with Crippen LogP contribution in [0.4, 0.5) is 0 Å². The number of nitrogens with zero attached hydrogens (tertiary/aromatic N) is 1. The molecule has 1 aromatic heterocycles. The van der Waals surface area contributed by atoms with Gasteiger partial charge in [-0.1, -0.05) is 6.47 Å². The van der Waals surface area contributed by atoms with Gasteiger partial charge in [0.15, 0.2) is 0 Å². The number of aromatic nitrogens is 1. The average molecular weight is 220 g/mol. The van der Waals surface area contributed by atoms with Crippen LogP contribution in [0.15, 0.2) is 24.5 Å². The zero-order chi connectivity index (χ0) is 8.53. The van der Waals surface area contributed by atoms with E-state index in [1.807, 2.05) is 0 Å². The Hall–Kier alpha value is -0.957. The van der Waals surface area contributed by atoms with Crippen molar-refractivity contribution in [1.29, 1.82) is 0 Å². The number of rotatable bonds is 1. The van der Waals surface area contributed by atoms with Crippen LogP contribution in [-0.4, -0.2) is 23.7 Å². The van der Waals surface area contributed by atoms with Gasteiger partial charge >= 0.3 is 0 Å². The van der Waals surface area contributed by atoms with Crippen LogP contribution in [0.5, 0.6) is 5.75 Å². The predicted molar refractivity (Wildman–Crippen MR) is 39.1 cm³/mol. The number of hydrogen-bond donors (Lipinski definition) is 1. The van der Waals surface area contributed by atoms with Crippen molar-refractivity contribution in [1.82, 2.24) is 4.98 Å². The van der Waals surface area contributed by atoms with Gasteiger partial charge in [-0.2, -0.15) is 0 Å². The van der Waals surface area contributed by atoms with Gasteiger partial charge in [0.2, 0.25) is 0 Å². The Morgan fingerprint density at radius 1 is 1.50 bits per heavy atom. The maximum atomic E-state index is 8.24. The molecule has 1 aromatic rings. The summed E-state index contributed by atoms with van der Waals surface area (Å²) in [6.07, 6.45) is 3.39. The smallest absolute Gasteiger partial charge is 0.121 e. The molecule has 0 aliphatic heterocycles. The Morgan fingerprint density at radius 2 is 1.92 bits per heavy atom. The fraction of sp³-hybridized carbons (Fsp3) is 0.143. The molecule has 0 bridgehead atoms. The second-order valence-corrected chi connectivity index (χ2v) is 1.48. The van der Waals surface area contributed by atoms with E-state index in [0.29, 0.717) is 6.47 Å². The molecule has 0 saturated carbocycles. The first-order valence-electron chi connectivity index (χ1n) is 2.80. The summed E-state index contributed by atoms with van der Waals surface area (Å²) in [7, 11) is 1.63. The Bertz CT molecular complexity index is 193.